The molecule has 2 rings (SSSR count). The van der Waals surface area contributed by atoms with Gasteiger partial charge in [-0.3, -0.25) is 4.79 Å². The number of carbonyl (C=O) groups excluding carboxylic acids is 1. The van der Waals surface area contributed by atoms with Crippen molar-refractivity contribution in [2.75, 3.05) is 10.6 Å². The summed E-state index contributed by atoms with van der Waals surface area (Å²) in [4.78, 5) is 22.9. The van der Waals surface area contributed by atoms with E-state index in [0.717, 1.165) is 0 Å². The maximum atomic E-state index is 11.9. The van der Waals surface area contributed by atoms with Crippen LogP contribution >= 0.6 is 0 Å². The molecule has 0 fully saturated rings. The number of anilines is 2. The molecule has 1 atom stereocenters. The molecule has 1 aliphatic rings. The maximum absolute atomic E-state index is 11.9. The van der Waals surface area contributed by atoms with Gasteiger partial charge < -0.3 is 15.7 Å². The molecule has 1 amide bonds. The largest absolute Gasteiger partial charge is 0.478 e. The number of rotatable bonds is 2. The number of aromatic carboxylic acids is 1. The topological polar surface area (TPSA) is 78.4 Å². The van der Waals surface area contributed by atoms with E-state index in [0.29, 0.717) is 17.8 Å². The average Bonchev–Trinajstić information content (AvgIpc) is 2.29. The Balaban J connectivity index is 2.52. The number of benzene rings is 1. The Bertz CT molecular complexity index is 499. The van der Waals surface area contributed by atoms with Gasteiger partial charge in [0.2, 0.25) is 5.91 Å². The lowest BCUT2D eigenvalue weighted by Gasteiger charge is -2.35. The second-order valence-corrected chi connectivity index (χ2v) is 4.30. The standard InChI is InChI=1S/C12H14N2O3/c1-3-12(2)11(17)13-9-7(10(15)16)5-4-6-8(9)14-12/h4-6,14H,3H2,1-2H3,(H,13,17)(H,15,16). The lowest BCUT2D eigenvalue weighted by atomic mass is 9.93. The molecule has 0 bridgehead atoms. The van der Waals surface area contributed by atoms with E-state index >= 15 is 0 Å². The molecule has 1 aromatic rings. The average molecular weight is 234 g/mol. The van der Waals surface area contributed by atoms with E-state index in [1.54, 1.807) is 19.1 Å². The van der Waals surface area contributed by atoms with Crippen LogP contribution in [-0.2, 0) is 4.79 Å². The van der Waals surface area contributed by atoms with Crippen molar-refractivity contribution < 1.29 is 14.7 Å². The van der Waals surface area contributed by atoms with Gasteiger partial charge in [-0.15, -0.1) is 0 Å². The minimum absolute atomic E-state index is 0.0986. The van der Waals surface area contributed by atoms with E-state index in [1.807, 2.05) is 6.92 Å². The van der Waals surface area contributed by atoms with Gasteiger partial charge in [0.15, 0.2) is 0 Å². The molecule has 0 saturated heterocycles. The molecule has 90 valence electrons. The van der Waals surface area contributed by atoms with Gasteiger partial charge in [0.05, 0.1) is 16.9 Å². The van der Waals surface area contributed by atoms with Crippen LogP contribution in [0.25, 0.3) is 0 Å². The number of para-hydroxylation sites is 1. The second kappa shape index (κ2) is 3.76. The van der Waals surface area contributed by atoms with Gasteiger partial charge in [-0.05, 0) is 25.5 Å². The Hall–Kier alpha value is -2.04. The van der Waals surface area contributed by atoms with Crippen LogP contribution in [0.4, 0.5) is 11.4 Å². The van der Waals surface area contributed by atoms with Crippen molar-refractivity contribution in [3.63, 3.8) is 0 Å². The molecular formula is C12H14N2O3. The molecule has 3 N–H and O–H groups in total. The normalized spacial score (nSPS) is 22.4. The van der Waals surface area contributed by atoms with Gasteiger partial charge >= 0.3 is 5.97 Å². The third-order valence-electron chi connectivity index (χ3n) is 3.15. The lowest BCUT2D eigenvalue weighted by Crippen LogP contribution is -2.49. The third-order valence-corrected chi connectivity index (χ3v) is 3.15. The molecule has 5 nitrogen and oxygen atoms in total. The van der Waals surface area contributed by atoms with Gasteiger partial charge in [0, 0.05) is 0 Å². The molecule has 0 spiro atoms. The van der Waals surface area contributed by atoms with Crippen molar-refractivity contribution in [2.45, 2.75) is 25.8 Å². The van der Waals surface area contributed by atoms with Crippen LogP contribution in [-0.4, -0.2) is 22.5 Å². The molecule has 0 aliphatic carbocycles. The van der Waals surface area contributed by atoms with E-state index in [2.05, 4.69) is 10.6 Å². The first-order valence-corrected chi connectivity index (χ1v) is 5.44. The Kier molecular flexibility index (Phi) is 2.53. The highest BCUT2D eigenvalue weighted by atomic mass is 16.4. The molecule has 1 unspecified atom stereocenters. The zero-order valence-corrected chi connectivity index (χ0v) is 9.70. The highest BCUT2D eigenvalue weighted by Crippen LogP contribution is 2.34. The summed E-state index contributed by atoms with van der Waals surface area (Å²) in [5.74, 6) is -1.26. The molecule has 5 heteroatoms. The molecule has 1 aromatic carbocycles. The third kappa shape index (κ3) is 1.73. The summed E-state index contributed by atoms with van der Waals surface area (Å²) in [7, 11) is 0. The number of carboxylic acids is 1. The van der Waals surface area contributed by atoms with E-state index in [-0.39, 0.29) is 11.5 Å². The summed E-state index contributed by atoms with van der Waals surface area (Å²) in [6.07, 6.45) is 0.621. The predicted molar refractivity (Wildman–Crippen MR) is 64.3 cm³/mol. The van der Waals surface area contributed by atoms with Gasteiger partial charge in [-0.2, -0.15) is 0 Å². The Labute approximate surface area is 98.8 Å². The van der Waals surface area contributed by atoms with Crippen LogP contribution in [0.3, 0.4) is 0 Å². The Morgan fingerprint density at radius 3 is 2.76 bits per heavy atom. The van der Waals surface area contributed by atoms with Gasteiger partial charge in [0.25, 0.3) is 0 Å². The molecule has 1 aliphatic heterocycles. The molecule has 17 heavy (non-hydrogen) atoms. The van der Waals surface area contributed by atoms with Crippen LogP contribution in [0.5, 0.6) is 0 Å². The summed E-state index contributed by atoms with van der Waals surface area (Å²) in [6.45, 7) is 3.69. The summed E-state index contributed by atoms with van der Waals surface area (Å²) < 4.78 is 0. The number of nitrogens with one attached hydrogen (secondary N) is 2. The first-order chi connectivity index (χ1) is 7.98. The summed E-state index contributed by atoms with van der Waals surface area (Å²) in [6, 6.07) is 4.88. The first-order valence-electron chi connectivity index (χ1n) is 5.44. The molecule has 0 radical (unpaired) electrons. The van der Waals surface area contributed by atoms with Crippen LogP contribution in [0, 0.1) is 0 Å². The highest BCUT2D eigenvalue weighted by Gasteiger charge is 2.37. The van der Waals surface area contributed by atoms with Gasteiger partial charge in [-0.1, -0.05) is 13.0 Å². The Morgan fingerprint density at radius 2 is 2.18 bits per heavy atom. The van der Waals surface area contributed by atoms with E-state index in [9.17, 15) is 9.59 Å². The maximum Gasteiger partial charge on any atom is 0.337 e. The van der Waals surface area contributed by atoms with Crippen molar-refractivity contribution in [1.29, 1.82) is 0 Å². The number of hydrogen-bond donors (Lipinski definition) is 3. The SMILES string of the molecule is CCC1(C)Nc2cccc(C(=O)O)c2NC1=O. The van der Waals surface area contributed by atoms with Crippen molar-refractivity contribution in [3.8, 4) is 0 Å². The molecule has 1 heterocycles. The quantitative estimate of drug-likeness (QED) is 0.730. The van der Waals surface area contributed by atoms with Gasteiger partial charge in [-0.25, -0.2) is 4.79 Å². The number of carboxylic acid groups (broad SMARTS) is 1. The fourth-order valence-electron chi connectivity index (χ4n) is 1.82. The van der Waals surface area contributed by atoms with Crippen LogP contribution in [0.2, 0.25) is 0 Å². The van der Waals surface area contributed by atoms with Crippen LogP contribution in [0.1, 0.15) is 30.6 Å². The minimum atomic E-state index is -1.05. The number of carbonyl (C=O) groups is 2. The Morgan fingerprint density at radius 1 is 1.47 bits per heavy atom. The fraction of sp³-hybridized carbons (Fsp3) is 0.333. The number of amides is 1. The highest BCUT2D eigenvalue weighted by molar-refractivity contribution is 6.11. The fourth-order valence-corrected chi connectivity index (χ4v) is 1.82. The molecular weight excluding hydrogens is 220 g/mol. The van der Waals surface area contributed by atoms with Crippen molar-refractivity contribution in [2.24, 2.45) is 0 Å². The van der Waals surface area contributed by atoms with Gasteiger partial charge in [0.1, 0.15) is 5.54 Å². The zero-order valence-electron chi connectivity index (χ0n) is 9.70. The van der Waals surface area contributed by atoms with Crippen molar-refractivity contribution in [3.05, 3.63) is 23.8 Å². The second-order valence-electron chi connectivity index (χ2n) is 4.30. The van der Waals surface area contributed by atoms with Crippen molar-refractivity contribution >= 4 is 23.3 Å². The number of hydrogen-bond acceptors (Lipinski definition) is 3. The minimum Gasteiger partial charge on any atom is -0.478 e. The molecule has 0 saturated carbocycles. The van der Waals surface area contributed by atoms with Crippen LogP contribution in [0.15, 0.2) is 18.2 Å². The zero-order chi connectivity index (χ0) is 12.6. The van der Waals surface area contributed by atoms with Crippen LogP contribution < -0.4 is 10.6 Å². The number of fused-ring (bicyclic) bond motifs is 1. The monoisotopic (exact) mass is 234 g/mol. The van der Waals surface area contributed by atoms with E-state index in [4.69, 9.17) is 5.11 Å². The smallest absolute Gasteiger partial charge is 0.337 e. The summed E-state index contributed by atoms with van der Waals surface area (Å²) in [5, 5.41) is 14.8. The summed E-state index contributed by atoms with van der Waals surface area (Å²) in [5.41, 5.74) is 0.399. The predicted octanol–water partition coefficient (Wildman–Crippen LogP) is 1.92. The summed E-state index contributed by atoms with van der Waals surface area (Å²) >= 11 is 0. The lowest BCUT2D eigenvalue weighted by molar-refractivity contribution is -0.120. The first kappa shape index (κ1) is 11.4. The van der Waals surface area contributed by atoms with E-state index < -0.39 is 11.5 Å². The molecule has 0 aromatic heterocycles. The van der Waals surface area contributed by atoms with Crippen molar-refractivity contribution in [1.82, 2.24) is 0 Å². The van der Waals surface area contributed by atoms with E-state index in [1.165, 1.54) is 6.07 Å².